The van der Waals surface area contributed by atoms with E-state index in [1.807, 2.05) is 0 Å². The molecule has 1 aromatic carbocycles. The van der Waals surface area contributed by atoms with Crippen molar-refractivity contribution in [1.82, 2.24) is 5.32 Å². The molecule has 1 amide bonds. The van der Waals surface area contributed by atoms with Crippen LogP contribution in [-0.2, 0) is 4.74 Å². The maximum atomic E-state index is 13.3. The molecule has 1 aliphatic rings. The van der Waals surface area contributed by atoms with E-state index < -0.39 is 11.4 Å². The van der Waals surface area contributed by atoms with Gasteiger partial charge in [0, 0.05) is 24.7 Å². The van der Waals surface area contributed by atoms with Crippen LogP contribution in [0.15, 0.2) is 18.2 Å². The highest BCUT2D eigenvalue weighted by molar-refractivity contribution is 6.30. The lowest BCUT2D eigenvalue weighted by molar-refractivity contribution is 0.0433. The molecule has 1 saturated heterocycles. The first kappa shape index (κ1) is 14.6. The molecule has 0 aliphatic carbocycles. The zero-order valence-electron chi connectivity index (χ0n) is 10.2. The number of amides is 1. The second-order valence-electron chi connectivity index (χ2n) is 4.61. The molecule has 0 unspecified atom stereocenters. The smallest absolute Gasteiger partial charge is 0.251 e. The van der Waals surface area contributed by atoms with Gasteiger partial charge in [-0.1, -0.05) is 11.6 Å². The second-order valence-corrected chi connectivity index (χ2v) is 5.28. The van der Waals surface area contributed by atoms with Gasteiger partial charge < -0.3 is 10.1 Å². The summed E-state index contributed by atoms with van der Waals surface area (Å²) in [6.07, 6.45) is 1.30. The highest BCUT2D eigenvalue weighted by Gasteiger charge is 2.33. The van der Waals surface area contributed by atoms with Gasteiger partial charge in [-0.15, -0.1) is 11.6 Å². The van der Waals surface area contributed by atoms with Gasteiger partial charge in [0.25, 0.3) is 5.91 Å². The van der Waals surface area contributed by atoms with E-state index in [2.05, 4.69) is 5.32 Å². The molecule has 0 radical (unpaired) electrons. The van der Waals surface area contributed by atoms with E-state index in [1.54, 1.807) is 0 Å². The molecule has 1 aromatic rings. The number of halogens is 3. The van der Waals surface area contributed by atoms with E-state index in [0.717, 1.165) is 6.07 Å². The first-order valence-electron chi connectivity index (χ1n) is 5.98. The number of rotatable bonds is 3. The van der Waals surface area contributed by atoms with Gasteiger partial charge in [0.05, 0.1) is 10.6 Å². The first-order chi connectivity index (χ1) is 9.06. The fraction of sp³-hybridized carbons (Fsp3) is 0.462. The van der Waals surface area contributed by atoms with Crippen molar-refractivity contribution in [2.45, 2.75) is 18.4 Å². The number of alkyl halides is 1. The molecule has 1 fully saturated rings. The summed E-state index contributed by atoms with van der Waals surface area (Å²) in [5.74, 6) is -0.655. The van der Waals surface area contributed by atoms with Crippen molar-refractivity contribution in [3.63, 3.8) is 0 Å². The van der Waals surface area contributed by atoms with Crippen LogP contribution in [0.25, 0.3) is 0 Å². The van der Waals surface area contributed by atoms with E-state index in [1.165, 1.54) is 12.1 Å². The Morgan fingerprint density at radius 2 is 2.11 bits per heavy atom. The van der Waals surface area contributed by atoms with Crippen LogP contribution in [0.2, 0.25) is 5.02 Å². The summed E-state index contributed by atoms with van der Waals surface area (Å²) in [5, 5.41) is 2.88. The Morgan fingerprint density at radius 1 is 1.42 bits per heavy atom. The maximum Gasteiger partial charge on any atom is 0.251 e. The monoisotopic (exact) mass is 305 g/mol. The number of ether oxygens (including phenoxy) is 1. The van der Waals surface area contributed by atoms with Gasteiger partial charge in [-0.25, -0.2) is 4.39 Å². The van der Waals surface area contributed by atoms with E-state index in [4.69, 9.17) is 27.9 Å². The first-order valence-corrected chi connectivity index (χ1v) is 6.89. The van der Waals surface area contributed by atoms with E-state index in [9.17, 15) is 9.18 Å². The topological polar surface area (TPSA) is 38.3 Å². The summed E-state index contributed by atoms with van der Waals surface area (Å²) in [6, 6.07) is 3.98. The van der Waals surface area contributed by atoms with Crippen LogP contribution in [0.3, 0.4) is 0 Å². The molecule has 6 heteroatoms. The molecule has 1 aliphatic heterocycles. The Hall–Kier alpha value is -0.840. The summed E-state index contributed by atoms with van der Waals surface area (Å²) in [5.41, 5.74) is -0.245. The molecule has 0 atom stereocenters. The zero-order chi connectivity index (χ0) is 13.9. The van der Waals surface area contributed by atoms with Crippen LogP contribution in [0.4, 0.5) is 4.39 Å². The third-order valence-electron chi connectivity index (χ3n) is 3.27. The molecular formula is C13H14Cl2FNO2. The number of carbonyl (C=O) groups excluding carboxylic acids is 1. The van der Waals surface area contributed by atoms with Crippen molar-refractivity contribution in [3.8, 4) is 0 Å². The summed E-state index contributed by atoms with van der Waals surface area (Å²) in [6.45, 7) is 1.12. The van der Waals surface area contributed by atoms with Crippen molar-refractivity contribution >= 4 is 29.1 Å². The molecule has 1 heterocycles. The van der Waals surface area contributed by atoms with Crippen LogP contribution in [0.5, 0.6) is 0 Å². The molecule has 104 valence electrons. The highest BCUT2D eigenvalue weighted by atomic mass is 35.5. The lowest BCUT2D eigenvalue weighted by Gasteiger charge is -2.36. The molecule has 1 N–H and O–H groups in total. The molecule has 0 bridgehead atoms. The molecule has 19 heavy (non-hydrogen) atoms. The largest absolute Gasteiger partial charge is 0.381 e. The molecule has 2 rings (SSSR count). The Labute approximate surface area is 121 Å². The van der Waals surface area contributed by atoms with E-state index in [0.29, 0.717) is 31.9 Å². The standard InChI is InChI=1S/C13H14Cl2FNO2/c14-8-13(3-5-19-6-4-13)17-12(18)9-1-2-10(15)11(16)7-9/h1-2,7H,3-6,8H2,(H,17,18). The molecular weight excluding hydrogens is 292 g/mol. The van der Waals surface area contributed by atoms with Crippen molar-refractivity contribution in [3.05, 3.63) is 34.6 Å². The molecule has 0 aromatic heterocycles. The zero-order valence-corrected chi connectivity index (χ0v) is 11.7. The van der Waals surface area contributed by atoms with Gasteiger partial charge in [-0.3, -0.25) is 4.79 Å². The SMILES string of the molecule is O=C(NC1(CCl)CCOCC1)c1ccc(Cl)c(F)c1. The Balaban J connectivity index is 2.12. The minimum Gasteiger partial charge on any atom is -0.381 e. The average molecular weight is 306 g/mol. The van der Waals surface area contributed by atoms with Gasteiger partial charge in [0.2, 0.25) is 0 Å². The number of benzene rings is 1. The van der Waals surface area contributed by atoms with Gasteiger partial charge in [0.1, 0.15) is 5.82 Å². The maximum absolute atomic E-state index is 13.3. The third-order valence-corrected chi connectivity index (χ3v) is 4.08. The van der Waals surface area contributed by atoms with Gasteiger partial charge in [-0.05, 0) is 31.0 Å². The van der Waals surface area contributed by atoms with Crippen LogP contribution in [0, 0.1) is 5.82 Å². The van der Waals surface area contributed by atoms with Crippen molar-refractivity contribution in [1.29, 1.82) is 0 Å². The summed E-state index contributed by atoms with van der Waals surface area (Å²) in [7, 11) is 0. The predicted octanol–water partition coefficient (Wildman–Crippen LogP) is 3.00. The Morgan fingerprint density at radius 3 is 2.68 bits per heavy atom. The number of hydrogen-bond acceptors (Lipinski definition) is 2. The van der Waals surface area contributed by atoms with Gasteiger partial charge in [-0.2, -0.15) is 0 Å². The number of carbonyl (C=O) groups is 1. The van der Waals surface area contributed by atoms with Crippen molar-refractivity contribution < 1.29 is 13.9 Å². The van der Waals surface area contributed by atoms with Crippen LogP contribution >= 0.6 is 23.2 Å². The van der Waals surface area contributed by atoms with E-state index in [-0.39, 0.29) is 16.5 Å². The Bertz CT molecular complexity index is 476. The third kappa shape index (κ3) is 3.38. The molecule has 0 saturated carbocycles. The number of nitrogens with one attached hydrogen (secondary N) is 1. The predicted molar refractivity (Wildman–Crippen MR) is 72.4 cm³/mol. The normalized spacial score (nSPS) is 18.1. The highest BCUT2D eigenvalue weighted by Crippen LogP contribution is 2.23. The lowest BCUT2D eigenvalue weighted by Crippen LogP contribution is -2.53. The van der Waals surface area contributed by atoms with Gasteiger partial charge >= 0.3 is 0 Å². The van der Waals surface area contributed by atoms with E-state index >= 15 is 0 Å². The average Bonchev–Trinajstić information content (AvgIpc) is 2.43. The second kappa shape index (κ2) is 6.07. The number of hydrogen-bond donors (Lipinski definition) is 1. The Kier molecular flexibility index (Phi) is 4.66. The van der Waals surface area contributed by atoms with Crippen molar-refractivity contribution in [2.24, 2.45) is 0 Å². The summed E-state index contributed by atoms with van der Waals surface area (Å²) in [4.78, 5) is 12.1. The summed E-state index contributed by atoms with van der Waals surface area (Å²) >= 11 is 11.5. The summed E-state index contributed by atoms with van der Waals surface area (Å²) < 4.78 is 18.6. The quantitative estimate of drug-likeness (QED) is 0.872. The van der Waals surface area contributed by atoms with Crippen LogP contribution in [0.1, 0.15) is 23.2 Å². The van der Waals surface area contributed by atoms with Gasteiger partial charge in [0.15, 0.2) is 0 Å². The molecule has 0 spiro atoms. The minimum atomic E-state index is -0.610. The van der Waals surface area contributed by atoms with Crippen molar-refractivity contribution in [2.75, 3.05) is 19.1 Å². The van der Waals surface area contributed by atoms with Crippen LogP contribution in [-0.4, -0.2) is 30.5 Å². The fourth-order valence-corrected chi connectivity index (χ4v) is 2.46. The molecule has 3 nitrogen and oxygen atoms in total. The fourth-order valence-electron chi connectivity index (χ4n) is 2.00. The lowest BCUT2D eigenvalue weighted by atomic mass is 9.92. The van der Waals surface area contributed by atoms with Crippen LogP contribution < -0.4 is 5.32 Å². The minimum absolute atomic E-state index is 0.00493.